The van der Waals surface area contributed by atoms with E-state index in [1.54, 1.807) is 19.1 Å². The zero-order chi connectivity index (χ0) is 25.1. The van der Waals surface area contributed by atoms with Crippen LogP contribution >= 0.6 is 35.0 Å². The maximum absolute atomic E-state index is 14.1. The number of carbonyl (C=O) groups excluding carboxylic acids is 2. The van der Waals surface area contributed by atoms with Gasteiger partial charge in [0.05, 0.1) is 24.3 Å². The van der Waals surface area contributed by atoms with Gasteiger partial charge in [-0.1, -0.05) is 23.7 Å². The third kappa shape index (κ3) is 5.55. The summed E-state index contributed by atoms with van der Waals surface area (Å²) in [6.07, 6.45) is 2.37. The van der Waals surface area contributed by atoms with Gasteiger partial charge in [0, 0.05) is 10.6 Å². The van der Waals surface area contributed by atoms with Crippen LogP contribution in [-0.2, 0) is 11.3 Å². The lowest BCUT2D eigenvalue weighted by atomic mass is 10.1. The molecule has 2 amide bonds. The second kappa shape index (κ2) is 10.6. The molecule has 4 rings (SSSR count). The predicted molar refractivity (Wildman–Crippen MR) is 128 cm³/mol. The molecule has 7 nitrogen and oxygen atoms in total. The first-order valence-electron chi connectivity index (χ1n) is 10.1. The van der Waals surface area contributed by atoms with Crippen LogP contribution in [0.15, 0.2) is 47.5 Å². The molecule has 0 aliphatic carbocycles. The summed E-state index contributed by atoms with van der Waals surface area (Å²) in [4.78, 5) is 33.6. The lowest BCUT2D eigenvalue weighted by Crippen LogP contribution is -2.28. The third-order valence-corrected chi connectivity index (χ3v) is 6.15. The van der Waals surface area contributed by atoms with Crippen LogP contribution in [-0.4, -0.2) is 32.6 Å². The zero-order valence-corrected chi connectivity index (χ0v) is 20.3. The van der Waals surface area contributed by atoms with Crippen molar-refractivity contribution in [1.82, 2.24) is 14.9 Å². The molecule has 0 saturated carbocycles. The smallest absolute Gasteiger partial charge is 0.293 e. The van der Waals surface area contributed by atoms with E-state index in [0.29, 0.717) is 17.3 Å². The second-order valence-electron chi connectivity index (χ2n) is 7.00. The highest BCUT2D eigenvalue weighted by molar-refractivity contribution is 8.18. The first-order valence-corrected chi connectivity index (χ1v) is 11.6. The van der Waals surface area contributed by atoms with Gasteiger partial charge in [0.2, 0.25) is 11.1 Å². The molecule has 2 aromatic carbocycles. The minimum Gasteiger partial charge on any atom is -0.490 e. The van der Waals surface area contributed by atoms with Crippen LogP contribution in [0.4, 0.5) is 13.6 Å². The number of ether oxygens (including phenoxy) is 2. The van der Waals surface area contributed by atoms with E-state index in [4.69, 9.17) is 32.7 Å². The van der Waals surface area contributed by atoms with Crippen LogP contribution in [0.3, 0.4) is 0 Å². The van der Waals surface area contributed by atoms with Crippen LogP contribution in [0.5, 0.6) is 17.4 Å². The Balaban J connectivity index is 1.59. The lowest BCUT2D eigenvalue weighted by Gasteiger charge is -2.14. The average Bonchev–Trinajstić information content (AvgIpc) is 3.07. The average molecular weight is 538 g/mol. The number of halogens is 4. The molecule has 0 atom stereocenters. The summed E-state index contributed by atoms with van der Waals surface area (Å²) in [7, 11) is 0. The van der Waals surface area contributed by atoms with Crippen LogP contribution in [0.2, 0.25) is 10.3 Å². The molecule has 1 aromatic heterocycles. The molecule has 0 unspecified atom stereocenters. The third-order valence-electron chi connectivity index (χ3n) is 4.71. The summed E-state index contributed by atoms with van der Waals surface area (Å²) < 4.78 is 39.2. The number of hydrogen-bond acceptors (Lipinski definition) is 7. The fourth-order valence-electron chi connectivity index (χ4n) is 3.10. The number of amides is 2. The van der Waals surface area contributed by atoms with Crippen molar-refractivity contribution in [2.24, 2.45) is 0 Å². The minimum absolute atomic E-state index is 0.0508. The maximum Gasteiger partial charge on any atom is 0.293 e. The molecule has 180 valence electrons. The number of nitrogens with zero attached hydrogens (tertiary/aromatic N) is 3. The predicted octanol–water partition coefficient (Wildman–Crippen LogP) is 6.49. The van der Waals surface area contributed by atoms with Gasteiger partial charge in [0.15, 0.2) is 11.5 Å². The summed E-state index contributed by atoms with van der Waals surface area (Å²) in [5.41, 5.74) is 0.561. The van der Waals surface area contributed by atoms with Gasteiger partial charge in [-0.25, -0.2) is 9.37 Å². The van der Waals surface area contributed by atoms with Crippen molar-refractivity contribution in [1.29, 1.82) is 0 Å². The van der Waals surface area contributed by atoms with E-state index in [9.17, 15) is 18.4 Å². The fraction of sp³-hybridized carbons (Fsp3) is 0.130. The summed E-state index contributed by atoms with van der Waals surface area (Å²) in [6.45, 7) is 1.72. The van der Waals surface area contributed by atoms with Crippen LogP contribution in [0, 0.1) is 11.6 Å². The molecule has 0 radical (unpaired) electrons. The molecule has 12 heteroatoms. The highest BCUT2D eigenvalue weighted by Gasteiger charge is 2.36. The Kier molecular flexibility index (Phi) is 7.54. The summed E-state index contributed by atoms with van der Waals surface area (Å²) >= 11 is 12.5. The molecule has 0 bridgehead atoms. The molecule has 1 saturated heterocycles. The van der Waals surface area contributed by atoms with E-state index in [2.05, 4.69) is 9.97 Å². The highest BCUT2D eigenvalue weighted by Crippen LogP contribution is 2.37. The number of hydrogen-bond donors (Lipinski definition) is 0. The molecule has 2 heterocycles. The van der Waals surface area contributed by atoms with Crippen LogP contribution in [0.25, 0.3) is 6.08 Å². The van der Waals surface area contributed by atoms with E-state index < -0.39 is 22.8 Å². The Labute approximate surface area is 212 Å². The van der Waals surface area contributed by atoms with Crippen molar-refractivity contribution in [3.05, 3.63) is 80.6 Å². The van der Waals surface area contributed by atoms with Crippen molar-refractivity contribution in [3.63, 3.8) is 0 Å². The molecular formula is C23H15Cl2F2N3O4S. The minimum atomic E-state index is -0.815. The van der Waals surface area contributed by atoms with Crippen molar-refractivity contribution < 1.29 is 27.8 Å². The topological polar surface area (TPSA) is 81.6 Å². The zero-order valence-electron chi connectivity index (χ0n) is 17.9. The standard InChI is InChI=1S/C23H15Cl2F2N3O4S/c1-2-33-18-8-12(6-7-17(18)34-20-16(27)10-28-22(25)29-20)9-19-21(31)30(23(32)35-19)11-13-14(24)4-3-5-15(13)26/h3-10H,2,11H2,1H3/b19-9+. The first-order chi connectivity index (χ1) is 16.8. The number of rotatable bonds is 7. The van der Waals surface area contributed by atoms with Gasteiger partial charge in [-0.3, -0.25) is 14.5 Å². The van der Waals surface area contributed by atoms with E-state index >= 15 is 0 Å². The second-order valence-corrected chi connectivity index (χ2v) is 8.74. The Hall–Kier alpha value is -3.21. The van der Waals surface area contributed by atoms with Crippen LogP contribution in [0.1, 0.15) is 18.1 Å². The Bertz CT molecular complexity index is 1340. The van der Waals surface area contributed by atoms with E-state index in [1.807, 2.05) is 0 Å². The normalized spacial score (nSPS) is 14.7. The Morgan fingerprint density at radius 2 is 1.91 bits per heavy atom. The van der Waals surface area contributed by atoms with E-state index in [1.165, 1.54) is 30.3 Å². The van der Waals surface area contributed by atoms with Gasteiger partial charge in [-0.2, -0.15) is 9.37 Å². The first kappa shape index (κ1) is 24.9. The fourth-order valence-corrected chi connectivity index (χ4v) is 4.29. The van der Waals surface area contributed by atoms with E-state index in [0.717, 1.165) is 11.1 Å². The summed E-state index contributed by atoms with van der Waals surface area (Å²) in [5, 5.41) is -0.628. The molecule has 35 heavy (non-hydrogen) atoms. The van der Waals surface area contributed by atoms with E-state index in [-0.39, 0.29) is 51.3 Å². The van der Waals surface area contributed by atoms with Crippen molar-refractivity contribution in [2.75, 3.05) is 6.61 Å². The number of thioether (sulfide) groups is 1. The molecule has 0 spiro atoms. The molecule has 1 fully saturated rings. The number of benzene rings is 2. The summed E-state index contributed by atoms with van der Waals surface area (Å²) in [6, 6.07) is 8.76. The van der Waals surface area contributed by atoms with Gasteiger partial charge in [0.1, 0.15) is 5.82 Å². The molecule has 3 aromatic rings. The van der Waals surface area contributed by atoms with Gasteiger partial charge in [-0.15, -0.1) is 0 Å². The lowest BCUT2D eigenvalue weighted by molar-refractivity contribution is -0.123. The quantitative estimate of drug-likeness (QED) is 0.251. The SMILES string of the molecule is CCOc1cc(/C=C2/SC(=O)N(Cc3c(F)cccc3Cl)C2=O)ccc1Oc1nc(Cl)ncc1F. The van der Waals surface area contributed by atoms with Crippen molar-refractivity contribution in [3.8, 4) is 17.4 Å². The number of aromatic nitrogens is 2. The largest absolute Gasteiger partial charge is 0.490 e. The van der Waals surface area contributed by atoms with Crippen molar-refractivity contribution >= 4 is 52.2 Å². The maximum atomic E-state index is 14.1. The van der Waals surface area contributed by atoms with Gasteiger partial charge in [0.25, 0.3) is 17.0 Å². The molecule has 1 aliphatic heterocycles. The monoisotopic (exact) mass is 537 g/mol. The molecule has 0 N–H and O–H groups in total. The molecular weight excluding hydrogens is 523 g/mol. The highest BCUT2D eigenvalue weighted by atomic mass is 35.5. The Morgan fingerprint density at radius 3 is 2.66 bits per heavy atom. The van der Waals surface area contributed by atoms with Gasteiger partial charge < -0.3 is 9.47 Å². The van der Waals surface area contributed by atoms with Crippen molar-refractivity contribution in [2.45, 2.75) is 13.5 Å². The summed E-state index contributed by atoms with van der Waals surface area (Å²) in [5.74, 6) is -2.00. The number of imide groups is 1. The van der Waals surface area contributed by atoms with Gasteiger partial charge >= 0.3 is 0 Å². The molecule has 1 aliphatic rings. The number of carbonyl (C=O) groups is 2. The Morgan fingerprint density at radius 1 is 1.11 bits per heavy atom. The van der Waals surface area contributed by atoms with Gasteiger partial charge in [-0.05, 0) is 66.2 Å². The van der Waals surface area contributed by atoms with Crippen LogP contribution < -0.4 is 9.47 Å².